The summed E-state index contributed by atoms with van der Waals surface area (Å²) >= 11 is 11.8. The van der Waals surface area contributed by atoms with E-state index in [0.29, 0.717) is 40.8 Å². The lowest BCUT2D eigenvalue weighted by atomic mass is 10.1. The quantitative estimate of drug-likeness (QED) is 0.921. The SMILES string of the molecule is Clc1ccc(Cc2noc(CNC3CC3)n2)cc1Cl. The smallest absolute Gasteiger partial charge is 0.240 e. The van der Waals surface area contributed by atoms with Crippen molar-refractivity contribution in [3.8, 4) is 0 Å². The predicted molar refractivity (Wildman–Crippen MR) is 73.4 cm³/mol. The van der Waals surface area contributed by atoms with Crippen molar-refractivity contribution in [1.82, 2.24) is 15.5 Å². The maximum Gasteiger partial charge on any atom is 0.240 e. The normalized spacial score (nSPS) is 14.8. The molecule has 1 aliphatic rings. The average Bonchev–Trinajstić information content (AvgIpc) is 3.12. The van der Waals surface area contributed by atoms with Crippen molar-refractivity contribution in [3.63, 3.8) is 0 Å². The molecule has 4 nitrogen and oxygen atoms in total. The molecular weight excluding hydrogens is 285 g/mol. The predicted octanol–water partition coefficient (Wildman–Crippen LogP) is 3.22. The Hall–Kier alpha value is -1.10. The van der Waals surface area contributed by atoms with Crippen molar-refractivity contribution in [3.05, 3.63) is 45.5 Å². The van der Waals surface area contributed by atoms with Gasteiger partial charge in [0.2, 0.25) is 5.89 Å². The van der Waals surface area contributed by atoms with E-state index in [4.69, 9.17) is 27.7 Å². The molecule has 1 aromatic heterocycles. The molecular formula is C13H13Cl2N3O. The lowest BCUT2D eigenvalue weighted by molar-refractivity contribution is 0.363. The van der Waals surface area contributed by atoms with Gasteiger partial charge in [0.1, 0.15) is 0 Å². The minimum atomic E-state index is 0.540. The molecule has 1 N–H and O–H groups in total. The zero-order valence-electron chi connectivity index (χ0n) is 10.2. The second-order valence-corrected chi connectivity index (χ2v) is 5.50. The fraction of sp³-hybridized carbons (Fsp3) is 0.385. The van der Waals surface area contributed by atoms with Crippen molar-refractivity contribution in [2.24, 2.45) is 0 Å². The van der Waals surface area contributed by atoms with Gasteiger partial charge in [-0.2, -0.15) is 4.98 Å². The second kappa shape index (κ2) is 5.49. The highest BCUT2D eigenvalue weighted by Gasteiger charge is 2.21. The molecule has 1 heterocycles. The summed E-state index contributed by atoms with van der Waals surface area (Å²) in [4.78, 5) is 4.34. The topological polar surface area (TPSA) is 51.0 Å². The first-order chi connectivity index (χ1) is 9.20. The van der Waals surface area contributed by atoms with Crippen LogP contribution in [0.1, 0.15) is 30.1 Å². The summed E-state index contributed by atoms with van der Waals surface area (Å²) in [6.07, 6.45) is 3.07. The number of nitrogens with one attached hydrogen (secondary N) is 1. The highest BCUT2D eigenvalue weighted by molar-refractivity contribution is 6.42. The van der Waals surface area contributed by atoms with Gasteiger partial charge < -0.3 is 9.84 Å². The lowest BCUT2D eigenvalue weighted by Gasteiger charge is -1.99. The molecule has 1 fully saturated rings. The Morgan fingerprint density at radius 1 is 1.26 bits per heavy atom. The molecule has 0 radical (unpaired) electrons. The number of halogens is 2. The third-order valence-electron chi connectivity index (χ3n) is 2.98. The van der Waals surface area contributed by atoms with Gasteiger partial charge in [-0.1, -0.05) is 34.4 Å². The van der Waals surface area contributed by atoms with Crippen LogP contribution in [0.3, 0.4) is 0 Å². The van der Waals surface area contributed by atoms with Gasteiger partial charge in [-0.25, -0.2) is 0 Å². The summed E-state index contributed by atoms with van der Waals surface area (Å²) in [7, 11) is 0. The Balaban J connectivity index is 1.63. The molecule has 0 aliphatic heterocycles. The van der Waals surface area contributed by atoms with Crippen LogP contribution in [-0.2, 0) is 13.0 Å². The van der Waals surface area contributed by atoms with E-state index in [2.05, 4.69) is 15.5 Å². The zero-order chi connectivity index (χ0) is 13.2. The van der Waals surface area contributed by atoms with Crippen LogP contribution in [0.25, 0.3) is 0 Å². The molecule has 0 atom stereocenters. The third-order valence-corrected chi connectivity index (χ3v) is 3.71. The highest BCUT2D eigenvalue weighted by Crippen LogP contribution is 2.23. The van der Waals surface area contributed by atoms with E-state index in [1.165, 1.54) is 12.8 Å². The molecule has 0 unspecified atom stereocenters. The Kier molecular flexibility index (Phi) is 3.73. The monoisotopic (exact) mass is 297 g/mol. The fourth-order valence-electron chi connectivity index (χ4n) is 1.79. The Bertz CT molecular complexity index is 581. The minimum Gasteiger partial charge on any atom is -0.338 e. The minimum absolute atomic E-state index is 0.540. The molecule has 6 heteroatoms. The van der Waals surface area contributed by atoms with Crippen LogP contribution >= 0.6 is 23.2 Å². The molecule has 1 aromatic carbocycles. The molecule has 1 saturated carbocycles. The van der Waals surface area contributed by atoms with Gasteiger partial charge in [0.05, 0.1) is 16.6 Å². The Labute approximate surface area is 121 Å². The van der Waals surface area contributed by atoms with E-state index in [1.54, 1.807) is 6.07 Å². The largest absolute Gasteiger partial charge is 0.338 e. The summed E-state index contributed by atoms with van der Waals surface area (Å²) in [6.45, 7) is 0.638. The van der Waals surface area contributed by atoms with E-state index in [0.717, 1.165) is 5.56 Å². The second-order valence-electron chi connectivity index (χ2n) is 4.68. The molecule has 3 rings (SSSR count). The van der Waals surface area contributed by atoms with Crippen LogP contribution in [0, 0.1) is 0 Å². The van der Waals surface area contributed by atoms with E-state index >= 15 is 0 Å². The van der Waals surface area contributed by atoms with Crippen molar-refractivity contribution >= 4 is 23.2 Å². The van der Waals surface area contributed by atoms with Gasteiger partial charge in [0.15, 0.2) is 5.82 Å². The molecule has 0 bridgehead atoms. The first-order valence-corrected chi connectivity index (χ1v) is 6.95. The van der Waals surface area contributed by atoms with Crippen molar-refractivity contribution < 1.29 is 4.52 Å². The Morgan fingerprint density at radius 2 is 2.11 bits per heavy atom. The standard InChI is InChI=1S/C13H13Cl2N3O/c14-10-4-1-8(5-11(10)15)6-12-17-13(19-18-12)7-16-9-2-3-9/h1,4-5,9,16H,2-3,6-7H2. The van der Waals surface area contributed by atoms with E-state index in [-0.39, 0.29) is 0 Å². The van der Waals surface area contributed by atoms with Gasteiger partial charge in [0.25, 0.3) is 0 Å². The van der Waals surface area contributed by atoms with Gasteiger partial charge in [-0.3, -0.25) is 0 Å². The average molecular weight is 298 g/mol. The van der Waals surface area contributed by atoms with E-state index < -0.39 is 0 Å². The molecule has 0 amide bonds. The number of hydrogen-bond acceptors (Lipinski definition) is 4. The molecule has 0 saturated heterocycles. The maximum absolute atomic E-state index is 5.97. The van der Waals surface area contributed by atoms with Gasteiger partial charge >= 0.3 is 0 Å². The molecule has 0 spiro atoms. The molecule has 100 valence electrons. The molecule has 1 aliphatic carbocycles. The number of nitrogens with zero attached hydrogens (tertiary/aromatic N) is 2. The van der Waals surface area contributed by atoms with Gasteiger partial charge in [0, 0.05) is 12.5 Å². The number of benzene rings is 1. The van der Waals surface area contributed by atoms with Crippen LogP contribution in [0.2, 0.25) is 10.0 Å². The number of aromatic nitrogens is 2. The molecule has 2 aromatic rings. The number of hydrogen-bond donors (Lipinski definition) is 1. The van der Waals surface area contributed by atoms with Crippen LogP contribution < -0.4 is 5.32 Å². The van der Waals surface area contributed by atoms with Crippen molar-refractivity contribution in [2.75, 3.05) is 0 Å². The van der Waals surface area contributed by atoms with Gasteiger partial charge in [-0.15, -0.1) is 0 Å². The summed E-state index contributed by atoms with van der Waals surface area (Å²) in [5, 5.41) is 8.38. The van der Waals surface area contributed by atoms with Crippen LogP contribution in [0.5, 0.6) is 0 Å². The van der Waals surface area contributed by atoms with Crippen LogP contribution in [-0.4, -0.2) is 16.2 Å². The maximum atomic E-state index is 5.97. The van der Waals surface area contributed by atoms with Crippen LogP contribution in [0.4, 0.5) is 0 Å². The van der Waals surface area contributed by atoms with Crippen LogP contribution in [0.15, 0.2) is 22.7 Å². The highest BCUT2D eigenvalue weighted by atomic mass is 35.5. The lowest BCUT2D eigenvalue weighted by Crippen LogP contribution is -2.15. The van der Waals surface area contributed by atoms with Crippen molar-refractivity contribution in [1.29, 1.82) is 0 Å². The number of rotatable bonds is 5. The first kappa shape index (κ1) is 12.9. The van der Waals surface area contributed by atoms with E-state index in [9.17, 15) is 0 Å². The Morgan fingerprint density at radius 3 is 2.84 bits per heavy atom. The summed E-state index contributed by atoms with van der Waals surface area (Å²) in [5.41, 5.74) is 1.01. The zero-order valence-corrected chi connectivity index (χ0v) is 11.7. The van der Waals surface area contributed by atoms with E-state index in [1.807, 2.05) is 12.1 Å². The van der Waals surface area contributed by atoms with Crippen molar-refractivity contribution in [2.45, 2.75) is 31.8 Å². The molecule has 19 heavy (non-hydrogen) atoms. The first-order valence-electron chi connectivity index (χ1n) is 6.19. The third kappa shape index (κ3) is 3.47. The van der Waals surface area contributed by atoms with Gasteiger partial charge in [-0.05, 0) is 30.5 Å². The fourth-order valence-corrected chi connectivity index (χ4v) is 2.11. The summed E-state index contributed by atoms with van der Waals surface area (Å²) in [6, 6.07) is 6.13. The summed E-state index contributed by atoms with van der Waals surface area (Å²) < 4.78 is 5.19. The summed E-state index contributed by atoms with van der Waals surface area (Å²) in [5.74, 6) is 1.29.